The van der Waals surface area contributed by atoms with Gasteiger partial charge in [-0.2, -0.15) is 0 Å². The number of rotatable bonds is 3. The number of aromatic nitrogens is 1. The van der Waals surface area contributed by atoms with E-state index in [1.807, 2.05) is 0 Å². The number of benzene rings is 1. The van der Waals surface area contributed by atoms with Crippen LogP contribution < -0.4 is 0 Å². The van der Waals surface area contributed by atoms with Crippen LogP contribution in [0.15, 0.2) is 30.3 Å². The van der Waals surface area contributed by atoms with Crippen molar-refractivity contribution in [2.45, 2.75) is 26.2 Å². The Morgan fingerprint density at radius 3 is 2.87 bits per heavy atom. The fourth-order valence-corrected chi connectivity index (χ4v) is 2.40. The zero-order chi connectivity index (χ0) is 10.7. The van der Waals surface area contributed by atoms with Crippen molar-refractivity contribution >= 4 is 33.4 Å². The van der Waals surface area contributed by atoms with Crippen molar-refractivity contribution in [2.75, 3.05) is 0 Å². The van der Waals surface area contributed by atoms with Gasteiger partial charge in [-0.25, -0.2) is 4.98 Å². The number of unbranched alkanes of at least 4 members (excludes halogenated alkanes) is 1. The first-order chi connectivity index (χ1) is 7.31. The van der Waals surface area contributed by atoms with E-state index in [4.69, 9.17) is 0 Å². The summed E-state index contributed by atoms with van der Waals surface area (Å²) in [7, 11) is 0. The van der Waals surface area contributed by atoms with Gasteiger partial charge in [0.15, 0.2) is 0 Å². The van der Waals surface area contributed by atoms with Crippen molar-refractivity contribution in [3.63, 3.8) is 0 Å². The molecule has 0 atom stereocenters. The molecule has 78 valence electrons. The molecule has 0 saturated heterocycles. The Kier molecular flexibility index (Phi) is 3.57. The molecule has 0 aliphatic rings. The summed E-state index contributed by atoms with van der Waals surface area (Å²) >= 11 is 2.29. The van der Waals surface area contributed by atoms with Crippen LogP contribution in [0.1, 0.15) is 25.5 Å². The summed E-state index contributed by atoms with van der Waals surface area (Å²) in [5.41, 5.74) is 1.25. The number of pyridine rings is 1. The van der Waals surface area contributed by atoms with Gasteiger partial charge < -0.3 is 0 Å². The topological polar surface area (TPSA) is 12.9 Å². The van der Waals surface area contributed by atoms with Gasteiger partial charge in [0.05, 0.1) is 0 Å². The van der Waals surface area contributed by atoms with Crippen molar-refractivity contribution in [3.8, 4) is 0 Å². The number of nitrogens with zero attached hydrogens (tertiary/aromatic N) is 1. The van der Waals surface area contributed by atoms with E-state index in [2.05, 4.69) is 64.8 Å². The SMILES string of the molecule is CCCCc1nc(I)cc2ccccc12. The van der Waals surface area contributed by atoms with Gasteiger partial charge in [-0.15, -0.1) is 0 Å². The molecule has 1 aromatic heterocycles. The Morgan fingerprint density at radius 1 is 1.27 bits per heavy atom. The summed E-state index contributed by atoms with van der Waals surface area (Å²) in [6.07, 6.45) is 3.53. The Balaban J connectivity index is 2.50. The quantitative estimate of drug-likeness (QED) is 0.612. The predicted molar refractivity (Wildman–Crippen MR) is 73.1 cm³/mol. The highest BCUT2D eigenvalue weighted by molar-refractivity contribution is 14.1. The smallest absolute Gasteiger partial charge is 0.102 e. The minimum Gasteiger partial charge on any atom is -0.246 e. The van der Waals surface area contributed by atoms with Crippen molar-refractivity contribution in [2.24, 2.45) is 0 Å². The van der Waals surface area contributed by atoms with E-state index in [0.29, 0.717) is 0 Å². The molecule has 15 heavy (non-hydrogen) atoms. The molecule has 2 aromatic rings. The van der Waals surface area contributed by atoms with Crippen molar-refractivity contribution in [1.82, 2.24) is 4.98 Å². The van der Waals surface area contributed by atoms with Crippen LogP contribution in [-0.2, 0) is 6.42 Å². The minimum atomic E-state index is 1.09. The summed E-state index contributed by atoms with van der Waals surface area (Å²) in [6.45, 7) is 2.22. The molecule has 1 aromatic carbocycles. The third-order valence-corrected chi connectivity index (χ3v) is 3.11. The average molecular weight is 311 g/mol. The Labute approximate surface area is 104 Å². The van der Waals surface area contributed by atoms with Crippen LogP contribution in [0.3, 0.4) is 0 Å². The number of halogens is 1. The van der Waals surface area contributed by atoms with Crippen LogP contribution in [0.5, 0.6) is 0 Å². The molecule has 0 spiro atoms. The van der Waals surface area contributed by atoms with Crippen molar-refractivity contribution in [3.05, 3.63) is 39.7 Å². The molecule has 0 aliphatic carbocycles. The molecule has 2 heteroatoms. The van der Waals surface area contributed by atoms with E-state index in [9.17, 15) is 0 Å². The first-order valence-corrected chi connectivity index (χ1v) is 6.43. The summed E-state index contributed by atoms with van der Waals surface area (Å²) in [6, 6.07) is 10.7. The van der Waals surface area contributed by atoms with Crippen LogP contribution in [0.25, 0.3) is 10.8 Å². The number of fused-ring (bicyclic) bond motifs is 1. The van der Waals surface area contributed by atoms with Gasteiger partial charge in [0.1, 0.15) is 3.70 Å². The summed E-state index contributed by atoms with van der Waals surface area (Å²) < 4.78 is 1.09. The third-order valence-electron chi connectivity index (χ3n) is 2.56. The molecule has 2 rings (SSSR count). The summed E-state index contributed by atoms with van der Waals surface area (Å²) in [5.74, 6) is 0. The Hall–Kier alpha value is -0.640. The van der Waals surface area contributed by atoms with Crippen molar-refractivity contribution < 1.29 is 0 Å². The largest absolute Gasteiger partial charge is 0.246 e. The van der Waals surface area contributed by atoms with Gasteiger partial charge in [-0.3, -0.25) is 0 Å². The van der Waals surface area contributed by atoms with E-state index in [-0.39, 0.29) is 0 Å². The Morgan fingerprint density at radius 2 is 2.07 bits per heavy atom. The lowest BCUT2D eigenvalue weighted by molar-refractivity contribution is 0.780. The number of aryl methyl sites for hydroxylation is 1. The molecule has 0 amide bonds. The van der Waals surface area contributed by atoms with Gasteiger partial charge >= 0.3 is 0 Å². The fourth-order valence-electron chi connectivity index (χ4n) is 1.77. The highest BCUT2D eigenvalue weighted by Crippen LogP contribution is 2.20. The molecule has 0 N–H and O–H groups in total. The standard InChI is InChI=1S/C13H14IN/c1-2-3-8-12-11-7-5-4-6-10(11)9-13(14)15-12/h4-7,9H,2-3,8H2,1H3. The van der Waals surface area contributed by atoms with E-state index in [1.54, 1.807) is 0 Å². The molecule has 0 saturated carbocycles. The van der Waals surface area contributed by atoms with Gasteiger partial charge in [0.25, 0.3) is 0 Å². The minimum absolute atomic E-state index is 1.09. The van der Waals surface area contributed by atoms with E-state index >= 15 is 0 Å². The molecule has 0 radical (unpaired) electrons. The van der Waals surface area contributed by atoms with E-state index in [1.165, 1.54) is 29.3 Å². The second kappa shape index (κ2) is 4.92. The molecule has 1 heterocycles. The lowest BCUT2D eigenvalue weighted by atomic mass is 10.1. The normalized spacial score (nSPS) is 10.8. The summed E-state index contributed by atoms with van der Waals surface area (Å²) in [5, 5.41) is 2.62. The van der Waals surface area contributed by atoms with Gasteiger partial charge in [-0.05, 0) is 46.9 Å². The van der Waals surface area contributed by atoms with Gasteiger partial charge in [-0.1, -0.05) is 37.6 Å². The first kappa shape index (κ1) is 10.9. The molecule has 0 bridgehead atoms. The molecule has 0 aliphatic heterocycles. The number of hydrogen-bond donors (Lipinski definition) is 0. The molecule has 0 fully saturated rings. The maximum Gasteiger partial charge on any atom is 0.102 e. The molecular weight excluding hydrogens is 297 g/mol. The molecule has 1 nitrogen and oxygen atoms in total. The zero-order valence-corrected chi connectivity index (χ0v) is 11.0. The van der Waals surface area contributed by atoms with E-state index < -0.39 is 0 Å². The highest BCUT2D eigenvalue weighted by atomic mass is 127. The second-order valence-electron chi connectivity index (χ2n) is 3.72. The molecular formula is C13H14IN. The zero-order valence-electron chi connectivity index (χ0n) is 8.83. The maximum atomic E-state index is 4.63. The van der Waals surface area contributed by atoms with Crippen LogP contribution in [0, 0.1) is 3.70 Å². The Bertz CT molecular complexity index is 465. The fraction of sp³-hybridized carbons (Fsp3) is 0.308. The highest BCUT2D eigenvalue weighted by Gasteiger charge is 2.03. The lowest BCUT2D eigenvalue weighted by Crippen LogP contribution is -1.94. The van der Waals surface area contributed by atoms with Crippen molar-refractivity contribution in [1.29, 1.82) is 0 Å². The third kappa shape index (κ3) is 2.48. The van der Waals surface area contributed by atoms with Crippen LogP contribution >= 0.6 is 22.6 Å². The number of hydrogen-bond acceptors (Lipinski definition) is 1. The van der Waals surface area contributed by atoms with Crippen LogP contribution in [0.4, 0.5) is 0 Å². The summed E-state index contributed by atoms with van der Waals surface area (Å²) in [4.78, 5) is 4.63. The predicted octanol–water partition coefficient (Wildman–Crippen LogP) is 4.18. The molecule has 0 unspecified atom stereocenters. The van der Waals surface area contributed by atoms with Gasteiger partial charge in [0, 0.05) is 11.1 Å². The van der Waals surface area contributed by atoms with Crippen LogP contribution in [-0.4, -0.2) is 4.98 Å². The average Bonchev–Trinajstić information content (AvgIpc) is 2.25. The second-order valence-corrected chi connectivity index (χ2v) is 4.82. The van der Waals surface area contributed by atoms with E-state index in [0.717, 1.165) is 10.1 Å². The van der Waals surface area contributed by atoms with Crippen LogP contribution in [0.2, 0.25) is 0 Å². The monoisotopic (exact) mass is 311 g/mol. The van der Waals surface area contributed by atoms with Gasteiger partial charge in [0.2, 0.25) is 0 Å². The maximum absolute atomic E-state index is 4.63. The first-order valence-electron chi connectivity index (χ1n) is 5.35. The lowest BCUT2D eigenvalue weighted by Gasteiger charge is -2.05.